The predicted molar refractivity (Wildman–Crippen MR) is 67.9 cm³/mol. The smallest absolute Gasteiger partial charge is 0.171 e. The van der Waals surface area contributed by atoms with Crippen LogP contribution in [0.2, 0.25) is 0 Å². The third-order valence-electron chi connectivity index (χ3n) is 2.63. The number of rotatable bonds is 2. The number of nitrogens with two attached hydrogens (primary N) is 1. The molecule has 0 atom stereocenters. The van der Waals surface area contributed by atoms with Gasteiger partial charge in [-0.2, -0.15) is 5.10 Å². The van der Waals surface area contributed by atoms with E-state index in [9.17, 15) is 8.78 Å². The molecule has 2 aromatic heterocycles. The molecular formula is C12H9F2N5. The lowest BCUT2D eigenvalue weighted by Gasteiger charge is -2.06. The number of benzene rings is 1. The van der Waals surface area contributed by atoms with Gasteiger partial charge in [0, 0.05) is 6.07 Å². The Bertz CT molecular complexity index is 753. The third-order valence-corrected chi connectivity index (χ3v) is 2.63. The van der Waals surface area contributed by atoms with Crippen molar-refractivity contribution in [2.24, 2.45) is 0 Å². The first kappa shape index (κ1) is 11.4. The SMILES string of the molecule is Nc1n[nH]c2ccc(Nc3cc(F)ccc3F)nc12. The molecule has 96 valence electrons. The van der Waals surface area contributed by atoms with Crippen LogP contribution in [0.1, 0.15) is 0 Å². The fourth-order valence-electron chi connectivity index (χ4n) is 1.72. The highest BCUT2D eigenvalue weighted by atomic mass is 19.1. The molecule has 0 aliphatic rings. The monoisotopic (exact) mass is 261 g/mol. The van der Waals surface area contributed by atoms with Crippen LogP contribution in [-0.2, 0) is 0 Å². The number of hydrogen-bond donors (Lipinski definition) is 3. The van der Waals surface area contributed by atoms with Gasteiger partial charge in [0.25, 0.3) is 0 Å². The third kappa shape index (κ3) is 2.05. The van der Waals surface area contributed by atoms with Crippen molar-refractivity contribution in [3.8, 4) is 0 Å². The molecular weight excluding hydrogens is 252 g/mol. The average molecular weight is 261 g/mol. The quantitative estimate of drug-likeness (QED) is 0.662. The summed E-state index contributed by atoms with van der Waals surface area (Å²) in [6.45, 7) is 0. The van der Waals surface area contributed by atoms with Gasteiger partial charge in [0.2, 0.25) is 0 Å². The molecule has 0 bridgehead atoms. The normalized spacial score (nSPS) is 10.8. The Hall–Kier alpha value is -2.70. The van der Waals surface area contributed by atoms with Crippen LogP contribution in [-0.4, -0.2) is 15.2 Å². The van der Waals surface area contributed by atoms with Crippen molar-refractivity contribution < 1.29 is 8.78 Å². The Morgan fingerprint density at radius 2 is 2.00 bits per heavy atom. The first-order chi connectivity index (χ1) is 9.13. The second kappa shape index (κ2) is 4.20. The minimum atomic E-state index is -0.566. The summed E-state index contributed by atoms with van der Waals surface area (Å²) in [5.41, 5.74) is 6.78. The Kier molecular flexibility index (Phi) is 2.52. The van der Waals surface area contributed by atoms with Crippen LogP contribution >= 0.6 is 0 Å². The summed E-state index contributed by atoms with van der Waals surface area (Å²) in [4.78, 5) is 4.18. The highest BCUT2D eigenvalue weighted by Gasteiger charge is 2.08. The summed E-state index contributed by atoms with van der Waals surface area (Å²) >= 11 is 0. The lowest BCUT2D eigenvalue weighted by molar-refractivity contribution is 0.603. The number of nitrogens with zero attached hydrogens (tertiary/aromatic N) is 2. The molecule has 0 fully saturated rings. The number of hydrogen-bond acceptors (Lipinski definition) is 4. The van der Waals surface area contributed by atoms with Crippen molar-refractivity contribution in [2.75, 3.05) is 11.1 Å². The van der Waals surface area contributed by atoms with Gasteiger partial charge in [0.1, 0.15) is 23.0 Å². The van der Waals surface area contributed by atoms with Crippen molar-refractivity contribution in [1.29, 1.82) is 0 Å². The van der Waals surface area contributed by atoms with Crippen LogP contribution < -0.4 is 11.1 Å². The zero-order valence-electron chi connectivity index (χ0n) is 9.61. The fourth-order valence-corrected chi connectivity index (χ4v) is 1.72. The van der Waals surface area contributed by atoms with E-state index in [2.05, 4.69) is 20.5 Å². The molecule has 0 aliphatic heterocycles. The van der Waals surface area contributed by atoms with Crippen LogP contribution in [0, 0.1) is 11.6 Å². The summed E-state index contributed by atoms with van der Waals surface area (Å²) in [5, 5.41) is 9.20. The molecule has 0 aliphatic carbocycles. The van der Waals surface area contributed by atoms with E-state index in [4.69, 9.17) is 5.73 Å². The van der Waals surface area contributed by atoms with Crippen LogP contribution in [0.3, 0.4) is 0 Å². The maximum absolute atomic E-state index is 13.5. The molecule has 7 heteroatoms. The summed E-state index contributed by atoms with van der Waals surface area (Å²) in [5.74, 6) is -0.500. The molecule has 5 nitrogen and oxygen atoms in total. The van der Waals surface area contributed by atoms with E-state index in [0.29, 0.717) is 16.9 Å². The van der Waals surface area contributed by atoms with Crippen LogP contribution in [0.25, 0.3) is 11.0 Å². The van der Waals surface area contributed by atoms with Crippen LogP contribution in [0.15, 0.2) is 30.3 Å². The van der Waals surface area contributed by atoms with Gasteiger partial charge in [-0.05, 0) is 24.3 Å². The van der Waals surface area contributed by atoms with Crippen LogP contribution in [0.5, 0.6) is 0 Å². The number of nitrogens with one attached hydrogen (secondary N) is 2. The Labute approximate surface area is 106 Å². The van der Waals surface area contributed by atoms with Crippen molar-refractivity contribution in [3.05, 3.63) is 42.0 Å². The lowest BCUT2D eigenvalue weighted by atomic mass is 10.3. The molecule has 0 radical (unpaired) electrons. The van der Waals surface area contributed by atoms with E-state index >= 15 is 0 Å². The largest absolute Gasteiger partial charge is 0.380 e. The van der Waals surface area contributed by atoms with Gasteiger partial charge in [-0.3, -0.25) is 5.10 Å². The topological polar surface area (TPSA) is 79.6 Å². The van der Waals surface area contributed by atoms with E-state index in [1.54, 1.807) is 12.1 Å². The Morgan fingerprint density at radius 3 is 2.84 bits per heavy atom. The average Bonchev–Trinajstić information content (AvgIpc) is 2.76. The van der Waals surface area contributed by atoms with E-state index < -0.39 is 11.6 Å². The number of aromatic amines is 1. The summed E-state index contributed by atoms with van der Waals surface area (Å²) in [7, 11) is 0. The molecule has 0 amide bonds. The van der Waals surface area contributed by atoms with E-state index in [1.807, 2.05) is 0 Å². The maximum atomic E-state index is 13.5. The Balaban J connectivity index is 2.00. The molecule has 19 heavy (non-hydrogen) atoms. The molecule has 2 heterocycles. The molecule has 0 spiro atoms. The molecule has 0 saturated heterocycles. The van der Waals surface area contributed by atoms with E-state index in [1.165, 1.54) is 0 Å². The summed E-state index contributed by atoms with van der Waals surface area (Å²) in [6.07, 6.45) is 0. The predicted octanol–water partition coefficient (Wildman–Crippen LogP) is 2.56. The van der Waals surface area contributed by atoms with Gasteiger partial charge >= 0.3 is 0 Å². The second-order valence-corrected chi connectivity index (χ2v) is 3.95. The van der Waals surface area contributed by atoms with Gasteiger partial charge in [0.05, 0.1) is 11.2 Å². The molecule has 3 aromatic rings. The number of halogens is 2. The number of nitrogen functional groups attached to an aromatic ring is 1. The minimum absolute atomic E-state index is 0.00826. The fraction of sp³-hybridized carbons (Fsp3) is 0. The molecule has 1 aromatic carbocycles. The summed E-state index contributed by atoms with van der Waals surface area (Å²) < 4.78 is 26.5. The lowest BCUT2D eigenvalue weighted by Crippen LogP contribution is -1.97. The highest BCUT2D eigenvalue weighted by Crippen LogP contribution is 2.22. The van der Waals surface area contributed by atoms with Crippen LogP contribution in [0.4, 0.5) is 26.1 Å². The summed E-state index contributed by atoms with van der Waals surface area (Å²) in [6, 6.07) is 6.46. The first-order valence-corrected chi connectivity index (χ1v) is 5.46. The molecule has 4 N–H and O–H groups in total. The van der Waals surface area contributed by atoms with Crippen molar-refractivity contribution in [3.63, 3.8) is 0 Å². The van der Waals surface area contributed by atoms with Gasteiger partial charge in [-0.25, -0.2) is 13.8 Å². The second-order valence-electron chi connectivity index (χ2n) is 3.95. The molecule has 0 unspecified atom stereocenters. The van der Waals surface area contributed by atoms with Gasteiger partial charge in [-0.15, -0.1) is 0 Å². The molecule has 0 saturated carbocycles. The van der Waals surface area contributed by atoms with E-state index in [0.717, 1.165) is 18.2 Å². The number of pyridine rings is 1. The Morgan fingerprint density at radius 1 is 1.16 bits per heavy atom. The standard InChI is InChI=1S/C12H9F2N5/c13-6-1-2-7(14)9(5-6)16-10-4-3-8-11(17-10)12(15)19-18-8/h1-5H,(H,16,17)(H3,15,18,19). The van der Waals surface area contributed by atoms with Gasteiger partial charge in [-0.1, -0.05) is 0 Å². The minimum Gasteiger partial charge on any atom is -0.380 e. The van der Waals surface area contributed by atoms with Crippen molar-refractivity contribution in [2.45, 2.75) is 0 Å². The zero-order valence-corrected chi connectivity index (χ0v) is 9.61. The van der Waals surface area contributed by atoms with E-state index in [-0.39, 0.29) is 11.5 Å². The number of aromatic nitrogens is 3. The highest BCUT2D eigenvalue weighted by molar-refractivity contribution is 5.86. The van der Waals surface area contributed by atoms with Crippen molar-refractivity contribution in [1.82, 2.24) is 15.2 Å². The number of fused-ring (bicyclic) bond motifs is 1. The first-order valence-electron chi connectivity index (χ1n) is 5.46. The number of H-pyrrole nitrogens is 1. The zero-order chi connectivity index (χ0) is 13.4. The number of anilines is 3. The molecule has 3 rings (SSSR count). The maximum Gasteiger partial charge on any atom is 0.171 e. The van der Waals surface area contributed by atoms with Gasteiger partial charge in [0.15, 0.2) is 5.82 Å². The van der Waals surface area contributed by atoms with Crippen molar-refractivity contribution >= 4 is 28.4 Å². The van der Waals surface area contributed by atoms with Gasteiger partial charge < -0.3 is 11.1 Å².